The first-order valence-corrected chi connectivity index (χ1v) is 3.38. The van der Waals surface area contributed by atoms with Gasteiger partial charge in [0.25, 0.3) is 0 Å². The zero-order valence-corrected chi connectivity index (χ0v) is 6.62. The average Bonchev–Trinajstić information content (AvgIpc) is 1.79. The maximum Gasteiger partial charge on any atom is 0.121 e. The standard InChI is InChI=1S/C7H16N2O/c1-9(2)6-4-3-5-7(8)10/h3,5,7,10H,4,6,8H2,1-2H3. The number of hydrogen-bond acceptors (Lipinski definition) is 3. The SMILES string of the molecule is CN(C)CCC=CC(N)O. The molecule has 0 spiro atoms. The Morgan fingerprint density at radius 1 is 1.60 bits per heavy atom. The second-order valence-corrected chi connectivity index (χ2v) is 2.51. The number of rotatable bonds is 4. The van der Waals surface area contributed by atoms with Gasteiger partial charge < -0.3 is 15.7 Å². The average molecular weight is 144 g/mol. The maximum absolute atomic E-state index is 8.59. The summed E-state index contributed by atoms with van der Waals surface area (Å²) in [5, 5.41) is 8.59. The lowest BCUT2D eigenvalue weighted by Crippen LogP contribution is -2.15. The highest BCUT2D eigenvalue weighted by Crippen LogP contribution is 1.86. The van der Waals surface area contributed by atoms with Crippen LogP contribution in [-0.4, -0.2) is 36.9 Å². The lowest BCUT2D eigenvalue weighted by atomic mass is 10.3. The molecule has 0 saturated carbocycles. The Labute approximate surface area is 62.1 Å². The van der Waals surface area contributed by atoms with Gasteiger partial charge in [-0.3, -0.25) is 0 Å². The van der Waals surface area contributed by atoms with Crippen LogP contribution in [-0.2, 0) is 0 Å². The van der Waals surface area contributed by atoms with Crippen molar-refractivity contribution in [2.75, 3.05) is 20.6 Å². The van der Waals surface area contributed by atoms with Crippen LogP contribution in [0.25, 0.3) is 0 Å². The van der Waals surface area contributed by atoms with Crippen LogP contribution < -0.4 is 5.73 Å². The van der Waals surface area contributed by atoms with Crippen LogP contribution >= 0.6 is 0 Å². The summed E-state index contributed by atoms with van der Waals surface area (Å²) in [6.07, 6.45) is 3.59. The van der Waals surface area contributed by atoms with Gasteiger partial charge in [0, 0.05) is 6.54 Å². The first-order valence-electron chi connectivity index (χ1n) is 3.38. The molecular weight excluding hydrogens is 128 g/mol. The summed E-state index contributed by atoms with van der Waals surface area (Å²) in [4.78, 5) is 2.08. The van der Waals surface area contributed by atoms with E-state index in [2.05, 4.69) is 4.90 Å². The zero-order chi connectivity index (χ0) is 7.98. The lowest BCUT2D eigenvalue weighted by Gasteiger charge is -2.05. The van der Waals surface area contributed by atoms with Gasteiger partial charge in [-0.05, 0) is 26.6 Å². The van der Waals surface area contributed by atoms with Crippen molar-refractivity contribution in [2.45, 2.75) is 12.6 Å². The minimum Gasteiger partial charge on any atom is -0.375 e. The lowest BCUT2D eigenvalue weighted by molar-refractivity contribution is 0.231. The molecule has 1 unspecified atom stereocenters. The highest BCUT2D eigenvalue weighted by molar-refractivity contribution is 4.85. The second kappa shape index (κ2) is 5.41. The fraction of sp³-hybridized carbons (Fsp3) is 0.714. The van der Waals surface area contributed by atoms with Crippen molar-refractivity contribution in [1.82, 2.24) is 4.90 Å². The summed E-state index contributed by atoms with van der Waals surface area (Å²) < 4.78 is 0. The van der Waals surface area contributed by atoms with Crippen molar-refractivity contribution >= 4 is 0 Å². The molecule has 0 heterocycles. The molecule has 0 bridgehead atoms. The molecule has 3 nitrogen and oxygen atoms in total. The molecule has 0 fully saturated rings. The van der Waals surface area contributed by atoms with Crippen LogP contribution in [0.15, 0.2) is 12.2 Å². The van der Waals surface area contributed by atoms with Gasteiger partial charge in [-0.15, -0.1) is 0 Å². The van der Waals surface area contributed by atoms with Gasteiger partial charge in [0.05, 0.1) is 0 Å². The van der Waals surface area contributed by atoms with Crippen LogP contribution in [0, 0.1) is 0 Å². The number of hydrogen-bond donors (Lipinski definition) is 2. The first-order chi connectivity index (χ1) is 4.63. The van der Waals surface area contributed by atoms with E-state index in [1.54, 1.807) is 6.08 Å². The Hall–Kier alpha value is -0.380. The van der Waals surface area contributed by atoms with Gasteiger partial charge in [-0.1, -0.05) is 6.08 Å². The van der Waals surface area contributed by atoms with E-state index in [4.69, 9.17) is 10.8 Å². The zero-order valence-electron chi connectivity index (χ0n) is 6.62. The summed E-state index contributed by atoms with van der Waals surface area (Å²) in [5.74, 6) is 0. The Bertz CT molecular complexity index is 99.8. The van der Waals surface area contributed by atoms with Crippen LogP contribution in [0.5, 0.6) is 0 Å². The van der Waals surface area contributed by atoms with Crippen molar-refractivity contribution in [3.05, 3.63) is 12.2 Å². The molecule has 0 amide bonds. The molecule has 1 atom stereocenters. The van der Waals surface area contributed by atoms with Gasteiger partial charge in [0.1, 0.15) is 6.23 Å². The summed E-state index contributed by atoms with van der Waals surface area (Å²) in [7, 11) is 4.01. The Balaban J connectivity index is 3.19. The molecule has 0 aliphatic carbocycles. The van der Waals surface area contributed by atoms with E-state index in [1.165, 1.54) is 0 Å². The third-order valence-electron chi connectivity index (χ3n) is 1.08. The number of aliphatic hydroxyl groups excluding tert-OH is 1. The molecule has 0 rings (SSSR count). The van der Waals surface area contributed by atoms with Gasteiger partial charge in [0.2, 0.25) is 0 Å². The summed E-state index contributed by atoms with van der Waals surface area (Å²) in [6, 6.07) is 0. The van der Waals surface area contributed by atoms with Crippen LogP contribution in [0.2, 0.25) is 0 Å². The van der Waals surface area contributed by atoms with Gasteiger partial charge in [0.15, 0.2) is 0 Å². The fourth-order valence-electron chi connectivity index (χ4n) is 0.568. The predicted molar refractivity (Wildman–Crippen MR) is 42.5 cm³/mol. The molecule has 0 aromatic rings. The molecule has 10 heavy (non-hydrogen) atoms. The van der Waals surface area contributed by atoms with Crippen molar-refractivity contribution in [3.8, 4) is 0 Å². The highest BCUT2D eigenvalue weighted by Gasteiger charge is 1.86. The Kier molecular flexibility index (Phi) is 5.20. The largest absolute Gasteiger partial charge is 0.375 e. The van der Waals surface area contributed by atoms with Gasteiger partial charge in [-0.2, -0.15) is 0 Å². The molecule has 0 saturated heterocycles. The molecule has 0 aliphatic rings. The minimum atomic E-state index is -0.804. The van der Waals surface area contributed by atoms with Gasteiger partial charge >= 0.3 is 0 Å². The molecule has 3 heteroatoms. The van der Waals surface area contributed by atoms with E-state index >= 15 is 0 Å². The minimum absolute atomic E-state index is 0.804. The number of aliphatic hydroxyl groups is 1. The molecule has 3 N–H and O–H groups in total. The van der Waals surface area contributed by atoms with E-state index in [0.29, 0.717) is 0 Å². The second-order valence-electron chi connectivity index (χ2n) is 2.51. The molecule has 0 aromatic carbocycles. The normalized spacial score (nSPS) is 14.9. The Morgan fingerprint density at radius 3 is 2.60 bits per heavy atom. The molecule has 0 radical (unpaired) electrons. The van der Waals surface area contributed by atoms with E-state index in [9.17, 15) is 0 Å². The van der Waals surface area contributed by atoms with Crippen LogP contribution in [0.4, 0.5) is 0 Å². The quantitative estimate of drug-likeness (QED) is 0.423. The predicted octanol–water partition coefficient (Wildman–Crippen LogP) is -0.229. The monoisotopic (exact) mass is 144 g/mol. The molecule has 0 aliphatic heterocycles. The van der Waals surface area contributed by atoms with Gasteiger partial charge in [-0.25, -0.2) is 0 Å². The van der Waals surface area contributed by atoms with E-state index < -0.39 is 6.23 Å². The van der Waals surface area contributed by atoms with Crippen molar-refractivity contribution in [3.63, 3.8) is 0 Å². The number of nitrogens with zero attached hydrogens (tertiary/aromatic N) is 1. The smallest absolute Gasteiger partial charge is 0.121 e. The molecule has 60 valence electrons. The summed E-state index contributed by atoms with van der Waals surface area (Å²) in [6.45, 7) is 0.989. The Morgan fingerprint density at radius 2 is 2.20 bits per heavy atom. The summed E-state index contributed by atoms with van der Waals surface area (Å²) >= 11 is 0. The third-order valence-corrected chi connectivity index (χ3v) is 1.08. The maximum atomic E-state index is 8.59. The van der Waals surface area contributed by atoms with Crippen LogP contribution in [0.1, 0.15) is 6.42 Å². The fourth-order valence-corrected chi connectivity index (χ4v) is 0.568. The molecule has 0 aromatic heterocycles. The topological polar surface area (TPSA) is 49.5 Å². The van der Waals surface area contributed by atoms with Crippen molar-refractivity contribution < 1.29 is 5.11 Å². The molecular formula is C7H16N2O. The van der Waals surface area contributed by atoms with E-state index in [-0.39, 0.29) is 0 Å². The summed E-state index contributed by atoms with van der Waals surface area (Å²) in [5.41, 5.74) is 5.06. The van der Waals surface area contributed by atoms with E-state index in [1.807, 2.05) is 20.2 Å². The third kappa shape index (κ3) is 7.62. The van der Waals surface area contributed by atoms with E-state index in [0.717, 1.165) is 13.0 Å². The van der Waals surface area contributed by atoms with Crippen LogP contribution in [0.3, 0.4) is 0 Å². The first kappa shape index (κ1) is 9.62. The van der Waals surface area contributed by atoms with Crippen molar-refractivity contribution in [1.29, 1.82) is 0 Å². The number of nitrogens with two attached hydrogens (primary N) is 1. The highest BCUT2D eigenvalue weighted by atomic mass is 16.3. The van der Waals surface area contributed by atoms with Crippen molar-refractivity contribution in [2.24, 2.45) is 5.73 Å².